The molecule has 0 aliphatic rings. The molecule has 6 heteroatoms. The molecule has 0 aliphatic carbocycles. The van der Waals surface area contributed by atoms with Gasteiger partial charge >= 0.3 is 0 Å². The van der Waals surface area contributed by atoms with E-state index in [1.807, 2.05) is 13.0 Å². The second kappa shape index (κ2) is 3.31. The zero-order valence-electron chi connectivity index (χ0n) is 9.60. The molecule has 0 radical (unpaired) electrons. The van der Waals surface area contributed by atoms with Crippen LogP contribution >= 0.6 is 0 Å². The minimum Gasteiger partial charge on any atom is -0.383 e. The van der Waals surface area contributed by atoms with Crippen molar-refractivity contribution in [2.24, 2.45) is 7.05 Å². The van der Waals surface area contributed by atoms with Crippen LogP contribution in [0.5, 0.6) is 0 Å². The normalized spacial score (nSPS) is 11.2. The fraction of sp³-hybridized carbons (Fsp3) is 0.182. The average Bonchev–Trinajstić information content (AvgIpc) is 2.83. The quantitative estimate of drug-likeness (QED) is 0.656. The van der Waals surface area contributed by atoms with E-state index >= 15 is 0 Å². The minimum atomic E-state index is 0.584. The highest BCUT2D eigenvalue weighted by Crippen LogP contribution is 2.24. The van der Waals surface area contributed by atoms with Crippen LogP contribution in [0, 0.1) is 6.92 Å². The lowest BCUT2D eigenvalue weighted by molar-refractivity contribution is 0.779. The molecule has 0 unspecified atom stereocenters. The lowest BCUT2D eigenvalue weighted by atomic mass is 10.3. The van der Waals surface area contributed by atoms with Gasteiger partial charge in [-0.3, -0.25) is 4.68 Å². The van der Waals surface area contributed by atoms with E-state index in [1.165, 1.54) is 0 Å². The summed E-state index contributed by atoms with van der Waals surface area (Å²) in [4.78, 5) is 11.9. The van der Waals surface area contributed by atoms with E-state index in [1.54, 1.807) is 24.1 Å². The number of hydrogen-bond donors (Lipinski definition) is 2. The summed E-state index contributed by atoms with van der Waals surface area (Å²) >= 11 is 0. The Kier molecular flexibility index (Phi) is 1.91. The number of rotatable bonds is 1. The number of anilines is 1. The summed E-state index contributed by atoms with van der Waals surface area (Å²) in [5.41, 5.74) is 9.39. The van der Waals surface area contributed by atoms with Crippen molar-refractivity contribution in [3.8, 4) is 11.4 Å². The van der Waals surface area contributed by atoms with E-state index in [-0.39, 0.29) is 0 Å². The zero-order valence-corrected chi connectivity index (χ0v) is 9.60. The van der Waals surface area contributed by atoms with Crippen molar-refractivity contribution in [1.82, 2.24) is 24.7 Å². The van der Waals surface area contributed by atoms with Gasteiger partial charge in [-0.15, -0.1) is 0 Å². The van der Waals surface area contributed by atoms with Gasteiger partial charge in [-0.1, -0.05) is 0 Å². The Morgan fingerprint density at radius 1 is 1.35 bits per heavy atom. The SMILES string of the molecule is Cc1cnc2nc(-c3cnn(C)c3N)[nH]c2c1. The van der Waals surface area contributed by atoms with Gasteiger partial charge in [-0.2, -0.15) is 5.10 Å². The molecule has 0 amide bonds. The summed E-state index contributed by atoms with van der Waals surface area (Å²) in [5, 5.41) is 4.09. The van der Waals surface area contributed by atoms with Gasteiger partial charge in [0, 0.05) is 13.2 Å². The van der Waals surface area contributed by atoms with Crippen LogP contribution in [0.1, 0.15) is 5.56 Å². The molecule has 0 bridgehead atoms. The second-order valence-electron chi connectivity index (χ2n) is 4.04. The van der Waals surface area contributed by atoms with Crippen molar-refractivity contribution in [3.05, 3.63) is 24.0 Å². The molecule has 3 heterocycles. The van der Waals surface area contributed by atoms with Gasteiger partial charge in [0.15, 0.2) is 5.65 Å². The van der Waals surface area contributed by atoms with Crippen molar-refractivity contribution >= 4 is 17.0 Å². The Bertz CT molecular complexity index is 693. The lowest BCUT2D eigenvalue weighted by Gasteiger charge is -1.95. The molecule has 17 heavy (non-hydrogen) atoms. The third-order valence-corrected chi connectivity index (χ3v) is 2.71. The lowest BCUT2D eigenvalue weighted by Crippen LogP contribution is -1.98. The van der Waals surface area contributed by atoms with E-state index in [2.05, 4.69) is 20.1 Å². The minimum absolute atomic E-state index is 0.584. The van der Waals surface area contributed by atoms with Crippen LogP contribution < -0.4 is 5.73 Å². The van der Waals surface area contributed by atoms with E-state index in [0.29, 0.717) is 17.3 Å². The second-order valence-corrected chi connectivity index (χ2v) is 4.04. The van der Waals surface area contributed by atoms with Crippen LogP contribution in [-0.2, 0) is 7.05 Å². The largest absolute Gasteiger partial charge is 0.383 e. The summed E-state index contributed by atoms with van der Waals surface area (Å²) in [6.07, 6.45) is 3.49. The molecule has 0 saturated carbocycles. The molecule has 6 nitrogen and oxygen atoms in total. The number of pyridine rings is 1. The highest BCUT2D eigenvalue weighted by Gasteiger charge is 2.12. The first kappa shape index (κ1) is 9.83. The number of nitrogens with zero attached hydrogens (tertiary/aromatic N) is 4. The summed E-state index contributed by atoms with van der Waals surface area (Å²) in [6, 6.07) is 2.01. The number of nitrogens with two attached hydrogens (primary N) is 1. The van der Waals surface area contributed by atoms with Crippen molar-refractivity contribution in [3.63, 3.8) is 0 Å². The van der Waals surface area contributed by atoms with Crippen molar-refractivity contribution < 1.29 is 0 Å². The Labute approximate surface area is 97.5 Å². The fourth-order valence-corrected chi connectivity index (χ4v) is 1.76. The molecular weight excluding hydrogens is 216 g/mol. The summed E-state index contributed by atoms with van der Waals surface area (Å²) in [5.74, 6) is 1.28. The smallest absolute Gasteiger partial charge is 0.178 e. The third kappa shape index (κ3) is 1.45. The monoisotopic (exact) mass is 228 g/mol. The van der Waals surface area contributed by atoms with Crippen molar-refractivity contribution in [2.75, 3.05) is 5.73 Å². The van der Waals surface area contributed by atoms with Crippen LogP contribution in [0.15, 0.2) is 18.5 Å². The van der Waals surface area contributed by atoms with E-state index in [9.17, 15) is 0 Å². The Balaban J connectivity index is 2.21. The van der Waals surface area contributed by atoms with E-state index < -0.39 is 0 Å². The molecule has 0 atom stereocenters. The van der Waals surface area contributed by atoms with Gasteiger partial charge < -0.3 is 10.7 Å². The number of fused-ring (bicyclic) bond motifs is 1. The third-order valence-electron chi connectivity index (χ3n) is 2.71. The standard InChI is InChI=1S/C11H12N6/c1-6-3-8-11(13-4-6)16-10(15-8)7-5-14-17(2)9(7)12/h3-5H,12H2,1-2H3,(H,13,15,16). The zero-order chi connectivity index (χ0) is 12.0. The number of aromatic amines is 1. The summed E-state index contributed by atoms with van der Waals surface area (Å²) < 4.78 is 1.61. The maximum atomic E-state index is 5.91. The highest BCUT2D eigenvalue weighted by molar-refractivity contribution is 5.79. The number of aromatic nitrogens is 5. The topological polar surface area (TPSA) is 85.4 Å². The van der Waals surface area contributed by atoms with Gasteiger partial charge in [-0.05, 0) is 18.6 Å². The number of hydrogen-bond acceptors (Lipinski definition) is 4. The first-order chi connectivity index (χ1) is 8.15. The van der Waals surface area contributed by atoms with E-state index in [4.69, 9.17) is 5.73 Å². The Morgan fingerprint density at radius 2 is 2.18 bits per heavy atom. The molecule has 0 spiro atoms. The molecule has 3 aromatic rings. The summed E-state index contributed by atoms with van der Waals surface area (Å²) in [7, 11) is 1.80. The maximum absolute atomic E-state index is 5.91. The van der Waals surface area contributed by atoms with Crippen LogP contribution in [0.2, 0.25) is 0 Å². The molecular formula is C11H12N6. The predicted octanol–water partition coefficient (Wildman–Crippen LogP) is 1.25. The van der Waals surface area contributed by atoms with Crippen LogP contribution in [0.25, 0.3) is 22.6 Å². The van der Waals surface area contributed by atoms with Crippen LogP contribution in [0.4, 0.5) is 5.82 Å². The fourth-order valence-electron chi connectivity index (χ4n) is 1.76. The molecule has 0 saturated heterocycles. The summed E-state index contributed by atoms with van der Waals surface area (Å²) in [6.45, 7) is 1.99. The van der Waals surface area contributed by atoms with Gasteiger partial charge in [0.25, 0.3) is 0 Å². The molecule has 0 aliphatic heterocycles. The number of aryl methyl sites for hydroxylation is 2. The van der Waals surface area contributed by atoms with E-state index in [0.717, 1.165) is 16.6 Å². The number of H-pyrrole nitrogens is 1. The molecule has 3 rings (SSSR count). The van der Waals surface area contributed by atoms with Crippen LogP contribution in [0.3, 0.4) is 0 Å². The van der Waals surface area contributed by atoms with Gasteiger partial charge in [-0.25, -0.2) is 9.97 Å². The Morgan fingerprint density at radius 3 is 2.88 bits per heavy atom. The first-order valence-electron chi connectivity index (χ1n) is 5.25. The van der Waals surface area contributed by atoms with Gasteiger partial charge in [0.2, 0.25) is 0 Å². The molecule has 0 aromatic carbocycles. The molecule has 0 fully saturated rings. The predicted molar refractivity (Wildman–Crippen MR) is 65.2 cm³/mol. The molecule has 3 N–H and O–H groups in total. The molecule has 3 aromatic heterocycles. The van der Waals surface area contributed by atoms with Gasteiger partial charge in [0.05, 0.1) is 17.3 Å². The number of nitrogen functional groups attached to an aromatic ring is 1. The first-order valence-corrected chi connectivity index (χ1v) is 5.25. The van der Waals surface area contributed by atoms with Crippen LogP contribution in [-0.4, -0.2) is 24.7 Å². The highest BCUT2D eigenvalue weighted by atomic mass is 15.3. The number of nitrogens with one attached hydrogen (secondary N) is 1. The van der Waals surface area contributed by atoms with Crippen molar-refractivity contribution in [1.29, 1.82) is 0 Å². The van der Waals surface area contributed by atoms with Gasteiger partial charge in [0.1, 0.15) is 11.6 Å². The average molecular weight is 228 g/mol. The van der Waals surface area contributed by atoms with Crippen molar-refractivity contribution in [2.45, 2.75) is 6.92 Å². The number of imidazole rings is 1. The Hall–Kier alpha value is -2.37. The maximum Gasteiger partial charge on any atom is 0.178 e. The molecule has 86 valence electrons.